The molecule has 0 saturated heterocycles. The van der Waals surface area contributed by atoms with Gasteiger partial charge in [0.1, 0.15) is 12.1 Å². The Hall–Kier alpha value is -4.36. The number of aliphatic carboxylic acids is 1. The molecule has 36 heavy (non-hydrogen) atoms. The van der Waals surface area contributed by atoms with Gasteiger partial charge in [0.25, 0.3) is 23.6 Å². The number of carboxylic acid groups (broad SMARTS) is 1. The lowest BCUT2D eigenvalue weighted by Gasteiger charge is -2.27. The summed E-state index contributed by atoms with van der Waals surface area (Å²) in [4.78, 5) is 98.1. The Kier molecular flexibility index (Phi) is 9.58. The summed E-state index contributed by atoms with van der Waals surface area (Å²) in [6.45, 7) is 2.20. The highest BCUT2D eigenvalue weighted by Crippen LogP contribution is 2.08. The van der Waals surface area contributed by atoms with E-state index in [0.29, 0.717) is 0 Å². The Morgan fingerprint density at radius 1 is 0.778 bits per heavy atom. The van der Waals surface area contributed by atoms with Gasteiger partial charge in [0, 0.05) is 63.3 Å². The van der Waals surface area contributed by atoms with Crippen LogP contribution in [0.25, 0.3) is 0 Å². The summed E-state index contributed by atoms with van der Waals surface area (Å²) in [7, 11) is 0. The average Bonchev–Trinajstić information content (AvgIpc) is 3.31. The summed E-state index contributed by atoms with van der Waals surface area (Å²) in [5, 5.41) is 13.4. The smallest absolute Gasteiger partial charge is 0.325 e. The number of carbonyl (C=O) groups excluding carboxylic acids is 7. The lowest BCUT2D eigenvalue weighted by atomic mass is 10.2. The largest absolute Gasteiger partial charge is 0.480 e. The van der Waals surface area contributed by atoms with E-state index in [2.05, 4.69) is 10.6 Å². The molecular weight excluding hydrogens is 478 g/mol. The van der Waals surface area contributed by atoms with Crippen LogP contribution in [0.4, 0.5) is 0 Å². The second-order valence-electron chi connectivity index (χ2n) is 8.06. The Bertz CT molecular complexity index is 953. The molecule has 0 aromatic rings. The number of hydrogen-bond donors (Lipinski definition) is 3. The van der Waals surface area contributed by atoms with E-state index in [9.17, 15) is 38.4 Å². The number of carboxylic acids is 1. The van der Waals surface area contributed by atoms with Crippen LogP contribution in [0.3, 0.4) is 0 Å². The first-order valence-corrected chi connectivity index (χ1v) is 11.1. The summed E-state index contributed by atoms with van der Waals surface area (Å²) in [5.74, 6) is -5.29. The van der Waals surface area contributed by atoms with Gasteiger partial charge >= 0.3 is 5.97 Å². The van der Waals surface area contributed by atoms with E-state index >= 15 is 0 Å². The number of amides is 7. The minimum Gasteiger partial charge on any atom is -0.480 e. The van der Waals surface area contributed by atoms with Crippen molar-refractivity contribution in [2.75, 3.05) is 26.2 Å². The minimum atomic E-state index is -1.24. The van der Waals surface area contributed by atoms with Crippen molar-refractivity contribution < 1.29 is 43.5 Å². The number of rotatable bonds is 13. The summed E-state index contributed by atoms with van der Waals surface area (Å²) in [6.07, 6.45) is 3.78. The predicted octanol–water partition coefficient (Wildman–Crippen LogP) is -2.46. The molecule has 0 aliphatic carbocycles. The van der Waals surface area contributed by atoms with Gasteiger partial charge in [0.15, 0.2) is 0 Å². The van der Waals surface area contributed by atoms with Crippen LogP contribution in [0.2, 0.25) is 0 Å². The van der Waals surface area contributed by atoms with Gasteiger partial charge in [-0.15, -0.1) is 0 Å². The predicted molar refractivity (Wildman–Crippen MR) is 120 cm³/mol. The van der Waals surface area contributed by atoms with Crippen LogP contribution in [0.1, 0.15) is 26.7 Å². The molecule has 2 heterocycles. The highest BCUT2D eigenvalue weighted by atomic mass is 16.4. The maximum atomic E-state index is 12.8. The minimum absolute atomic E-state index is 0.0881. The lowest BCUT2D eigenvalue weighted by molar-refractivity contribution is -0.141. The summed E-state index contributed by atoms with van der Waals surface area (Å²) in [5.41, 5.74) is 0. The zero-order valence-corrected chi connectivity index (χ0v) is 19.8. The van der Waals surface area contributed by atoms with E-state index in [4.69, 9.17) is 5.11 Å². The normalized spacial score (nSPS) is 16.4. The van der Waals surface area contributed by atoms with Crippen LogP contribution in [-0.4, -0.2) is 105 Å². The molecule has 0 aromatic heterocycles. The monoisotopic (exact) mass is 505 g/mol. The van der Waals surface area contributed by atoms with Crippen molar-refractivity contribution >= 4 is 47.3 Å². The van der Waals surface area contributed by atoms with E-state index in [1.807, 2.05) is 0 Å². The zero-order chi connectivity index (χ0) is 27.0. The molecule has 2 aliphatic heterocycles. The quantitative estimate of drug-likeness (QED) is 0.228. The van der Waals surface area contributed by atoms with Gasteiger partial charge in [0.2, 0.25) is 17.7 Å². The maximum absolute atomic E-state index is 12.8. The molecule has 0 radical (unpaired) electrons. The van der Waals surface area contributed by atoms with Gasteiger partial charge in [-0.1, -0.05) is 0 Å². The SMILES string of the molecule is C[C@H](NC(=O)[C@H](C)NC(=O)CCC(=O)N(CCN1C(=O)C=CC1=O)CCN1C(=O)C=CC1=O)C(=O)O. The van der Waals surface area contributed by atoms with Crippen molar-refractivity contribution in [3.05, 3.63) is 24.3 Å². The van der Waals surface area contributed by atoms with Crippen molar-refractivity contribution in [2.45, 2.75) is 38.8 Å². The van der Waals surface area contributed by atoms with Gasteiger partial charge in [-0.3, -0.25) is 48.2 Å². The van der Waals surface area contributed by atoms with Gasteiger partial charge < -0.3 is 20.6 Å². The van der Waals surface area contributed by atoms with Crippen molar-refractivity contribution in [3.63, 3.8) is 0 Å². The molecule has 194 valence electrons. The second-order valence-corrected chi connectivity index (χ2v) is 8.06. The Morgan fingerprint density at radius 2 is 1.22 bits per heavy atom. The molecule has 0 spiro atoms. The highest BCUT2D eigenvalue weighted by molar-refractivity contribution is 6.13. The Balaban J connectivity index is 1.92. The molecule has 2 rings (SSSR count). The summed E-state index contributed by atoms with van der Waals surface area (Å²) < 4.78 is 0. The highest BCUT2D eigenvalue weighted by Gasteiger charge is 2.28. The molecule has 0 saturated carbocycles. The first-order valence-electron chi connectivity index (χ1n) is 11.1. The van der Waals surface area contributed by atoms with Crippen LogP contribution in [0.5, 0.6) is 0 Å². The lowest BCUT2D eigenvalue weighted by Crippen LogP contribution is -2.49. The Labute approximate surface area is 205 Å². The van der Waals surface area contributed by atoms with Crippen molar-refractivity contribution in [1.82, 2.24) is 25.3 Å². The second kappa shape index (κ2) is 12.4. The average molecular weight is 505 g/mol. The number of nitrogens with one attached hydrogen (secondary N) is 2. The van der Waals surface area contributed by atoms with Crippen molar-refractivity contribution in [2.24, 2.45) is 0 Å². The fourth-order valence-electron chi connectivity index (χ4n) is 3.26. The van der Waals surface area contributed by atoms with Gasteiger partial charge in [-0.2, -0.15) is 0 Å². The third-order valence-electron chi connectivity index (χ3n) is 5.41. The molecule has 2 aliphatic rings. The van der Waals surface area contributed by atoms with Gasteiger partial charge in [0.05, 0.1) is 0 Å². The van der Waals surface area contributed by atoms with Crippen LogP contribution in [0.15, 0.2) is 24.3 Å². The topological polar surface area (TPSA) is 191 Å². The van der Waals surface area contributed by atoms with Crippen LogP contribution < -0.4 is 10.6 Å². The molecular formula is C22H27N5O9. The molecule has 0 bridgehead atoms. The fourth-order valence-corrected chi connectivity index (χ4v) is 3.26. The molecule has 0 fully saturated rings. The molecule has 7 amide bonds. The molecule has 2 atom stereocenters. The first kappa shape index (κ1) is 27.9. The van der Waals surface area contributed by atoms with Crippen molar-refractivity contribution in [1.29, 1.82) is 0 Å². The third kappa shape index (κ3) is 7.58. The van der Waals surface area contributed by atoms with E-state index < -0.39 is 59.4 Å². The third-order valence-corrected chi connectivity index (χ3v) is 5.41. The van der Waals surface area contributed by atoms with Crippen LogP contribution in [-0.2, 0) is 38.4 Å². The Morgan fingerprint density at radius 3 is 1.64 bits per heavy atom. The summed E-state index contributed by atoms with van der Waals surface area (Å²) in [6, 6.07) is -2.20. The first-order chi connectivity index (χ1) is 16.9. The maximum Gasteiger partial charge on any atom is 0.325 e. The number of hydrogen-bond acceptors (Lipinski definition) is 8. The van der Waals surface area contributed by atoms with Gasteiger partial charge in [-0.25, -0.2) is 0 Å². The van der Waals surface area contributed by atoms with E-state index in [0.717, 1.165) is 34.1 Å². The molecule has 14 heteroatoms. The van der Waals surface area contributed by atoms with E-state index in [1.54, 1.807) is 0 Å². The molecule has 0 unspecified atom stereocenters. The fraction of sp³-hybridized carbons (Fsp3) is 0.455. The number of carbonyl (C=O) groups is 8. The van der Waals surface area contributed by atoms with Crippen LogP contribution >= 0.6 is 0 Å². The van der Waals surface area contributed by atoms with E-state index in [1.165, 1.54) is 18.7 Å². The number of nitrogens with zero attached hydrogens (tertiary/aromatic N) is 3. The zero-order valence-electron chi connectivity index (χ0n) is 19.8. The standard InChI is InChI=1S/C22H27N5O9/c1-13(21(34)24-14(2)22(35)36)23-15(28)3-4-16(29)25(9-11-26-17(30)5-6-18(26)31)10-12-27-19(32)7-8-20(27)33/h5-8,13-14H,3-4,9-12H2,1-2H3,(H,23,28)(H,24,34)(H,35,36)/t13-,14-/m0/s1. The molecule has 3 N–H and O–H groups in total. The number of imide groups is 2. The molecule has 0 aromatic carbocycles. The summed E-state index contributed by atoms with van der Waals surface area (Å²) >= 11 is 0. The van der Waals surface area contributed by atoms with Gasteiger partial charge in [-0.05, 0) is 13.8 Å². The van der Waals surface area contributed by atoms with Crippen LogP contribution in [0, 0.1) is 0 Å². The molecule has 14 nitrogen and oxygen atoms in total. The van der Waals surface area contributed by atoms with E-state index in [-0.39, 0.29) is 39.0 Å². The van der Waals surface area contributed by atoms with Crippen molar-refractivity contribution in [3.8, 4) is 0 Å².